The number of nitrogens with zero attached hydrogens (tertiary/aromatic N) is 1. The number of carbonyl (C=O) groups excluding carboxylic acids is 2. The molecule has 0 aliphatic carbocycles. The van der Waals surface area contributed by atoms with Gasteiger partial charge in [0.25, 0.3) is 11.8 Å². The summed E-state index contributed by atoms with van der Waals surface area (Å²) in [6.07, 6.45) is 2.03. The van der Waals surface area contributed by atoms with Gasteiger partial charge in [0.1, 0.15) is 0 Å². The van der Waals surface area contributed by atoms with Crippen LogP contribution in [0, 0.1) is 5.92 Å². The Hall–Kier alpha value is -1.68. The van der Waals surface area contributed by atoms with Gasteiger partial charge in [0.2, 0.25) is 0 Å². The van der Waals surface area contributed by atoms with E-state index in [1.165, 1.54) is 4.90 Å². The van der Waals surface area contributed by atoms with Crippen LogP contribution in [-0.2, 0) is 4.74 Å². The highest BCUT2D eigenvalue weighted by atomic mass is 16.5. The second kappa shape index (κ2) is 4.53. The molecule has 0 aromatic heterocycles. The molecular weight excluding hydrogens is 230 g/mol. The molecule has 4 heteroatoms. The molecule has 18 heavy (non-hydrogen) atoms. The van der Waals surface area contributed by atoms with Crippen LogP contribution in [0.15, 0.2) is 24.3 Å². The summed E-state index contributed by atoms with van der Waals surface area (Å²) in [7, 11) is 0. The van der Waals surface area contributed by atoms with E-state index < -0.39 is 0 Å². The number of benzene rings is 1. The number of carbonyl (C=O) groups is 2. The van der Waals surface area contributed by atoms with E-state index >= 15 is 0 Å². The van der Waals surface area contributed by atoms with Crippen LogP contribution < -0.4 is 0 Å². The van der Waals surface area contributed by atoms with Crippen molar-refractivity contribution in [2.24, 2.45) is 5.92 Å². The van der Waals surface area contributed by atoms with Crippen molar-refractivity contribution in [3.05, 3.63) is 35.4 Å². The number of rotatable bonds is 2. The second-order valence-electron chi connectivity index (χ2n) is 4.85. The quantitative estimate of drug-likeness (QED) is 0.745. The first-order valence-electron chi connectivity index (χ1n) is 6.30. The van der Waals surface area contributed by atoms with Crippen LogP contribution in [0.2, 0.25) is 0 Å². The largest absolute Gasteiger partial charge is 0.381 e. The van der Waals surface area contributed by atoms with Gasteiger partial charge in [-0.2, -0.15) is 0 Å². The van der Waals surface area contributed by atoms with Crippen molar-refractivity contribution in [2.45, 2.75) is 12.8 Å². The maximum Gasteiger partial charge on any atom is 0.261 e. The highest BCUT2D eigenvalue weighted by Crippen LogP contribution is 2.25. The Kier molecular flexibility index (Phi) is 2.88. The molecule has 2 aliphatic heterocycles. The lowest BCUT2D eigenvalue weighted by molar-refractivity contribution is 0.0346. The summed E-state index contributed by atoms with van der Waals surface area (Å²) < 4.78 is 5.39. The molecule has 94 valence electrons. The van der Waals surface area contributed by atoms with Gasteiger partial charge < -0.3 is 4.74 Å². The summed E-state index contributed by atoms with van der Waals surface area (Å²) in [5.74, 6) is -0.0525. The van der Waals surface area contributed by atoms with Gasteiger partial charge in [-0.1, -0.05) is 12.1 Å². The Morgan fingerprint density at radius 3 is 2.39 bits per heavy atom. The predicted molar refractivity (Wildman–Crippen MR) is 65.4 cm³/mol. The Morgan fingerprint density at radius 1 is 1.17 bits per heavy atom. The van der Waals surface area contributed by atoms with Crippen LogP contribution in [0.5, 0.6) is 0 Å². The van der Waals surface area contributed by atoms with Crippen LogP contribution in [0.3, 0.4) is 0 Å². The molecule has 4 nitrogen and oxygen atoms in total. The fourth-order valence-electron chi connectivity index (χ4n) is 2.61. The lowest BCUT2D eigenvalue weighted by atomic mass is 10.0. The van der Waals surface area contributed by atoms with Gasteiger partial charge in [-0.25, -0.2) is 0 Å². The zero-order valence-corrected chi connectivity index (χ0v) is 10.1. The van der Waals surface area contributed by atoms with E-state index in [9.17, 15) is 9.59 Å². The summed E-state index contributed by atoms with van der Waals surface area (Å²) >= 11 is 0. The van der Waals surface area contributed by atoms with Crippen molar-refractivity contribution < 1.29 is 14.3 Å². The van der Waals surface area contributed by atoms with Gasteiger partial charge in [0, 0.05) is 19.1 Å². The minimum absolute atomic E-state index is 0.166. The summed E-state index contributed by atoms with van der Waals surface area (Å²) in [6, 6.07) is 7.01. The van der Waals surface area contributed by atoms with E-state index in [1.54, 1.807) is 24.3 Å². The molecule has 0 bridgehead atoms. The third kappa shape index (κ3) is 1.82. The second-order valence-corrected chi connectivity index (χ2v) is 4.85. The van der Waals surface area contributed by atoms with E-state index in [1.807, 2.05) is 0 Å². The summed E-state index contributed by atoms with van der Waals surface area (Å²) in [4.78, 5) is 25.7. The molecule has 1 atom stereocenters. The van der Waals surface area contributed by atoms with Crippen LogP contribution >= 0.6 is 0 Å². The van der Waals surface area contributed by atoms with E-state index in [4.69, 9.17) is 4.74 Å². The average molecular weight is 245 g/mol. The van der Waals surface area contributed by atoms with Crippen molar-refractivity contribution in [1.29, 1.82) is 0 Å². The Balaban J connectivity index is 1.79. The van der Waals surface area contributed by atoms with Crippen molar-refractivity contribution in [1.82, 2.24) is 4.90 Å². The normalized spacial score (nSPS) is 23.3. The summed E-state index contributed by atoms with van der Waals surface area (Å²) in [5.41, 5.74) is 1.05. The number of ether oxygens (including phenoxy) is 1. The Labute approximate surface area is 106 Å². The molecular formula is C14H15NO3. The highest BCUT2D eigenvalue weighted by Gasteiger charge is 2.36. The van der Waals surface area contributed by atoms with E-state index in [-0.39, 0.29) is 17.7 Å². The minimum atomic E-state index is -0.166. The zero-order chi connectivity index (χ0) is 12.5. The summed E-state index contributed by atoms with van der Waals surface area (Å²) in [5, 5.41) is 0. The molecule has 1 fully saturated rings. The van der Waals surface area contributed by atoms with Gasteiger partial charge in [0.05, 0.1) is 17.7 Å². The zero-order valence-electron chi connectivity index (χ0n) is 10.1. The number of amides is 2. The first-order chi connectivity index (χ1) is 8.77. The molecule has 1 aromatic carbocycles. The van der Waals surface area contributed by atoms with Crippen molar-refractivity contribution in [2.75, 3.05) is 19.8 Å². The van der Waals surface area contributed by atoms with E-state index in [2.05, 4.69) is 0 Å². The molecule has 0 N–H and O–H groups in total. The monoisotopic (exact) mass is 245 g/mol. The van der Waals surface area contributed by atoms with E-state index in [0.29, 0.717) is 24.3 Å². The molecule has 2 heterocycles. The molecule has 1 unspecified atom stereocenters. The Bertz CT molecular complexity index is 457. The molecule has 2 amide bonds. The van der Waals surface area contributed by atoms with Crippen LogP contribution in [0.25, 0.3) is 0 Å². The number of hydrogen-bond acceptors (Lipinski definition) is 3. The number of hydrogen-bond donors (Lipinski definition) is 0. The maximum atomic E-state index is 12.1. The van der Waals surface area contributed by atoms with Crippen molar-refractivity contribution in [3.8, 4) is 0 Å². The highest BCUT2D eigenvalue weighted by molar-refractivity contribution is 6.21. The number of fused-ring (bicyclic) bond motifs is 1. The first kappa shape index (κ1) is 11.4. The Morgan fingerprint density at radius 2 is 1.83 bits per heavy atom. The topological polar surface area (TPSA) is 46.6 Å². The molecule has 0 radical (unpaired) electrons. The van der Waals surface area contributed by atoms with Crippen LogP contribution in [0.1, 0.15) is 33.6 Å². The van der Waals surface area contributed by atoms with Gasteiger partial charge in [0.15, 0.2) is 0 Å². The minimum Gasteiger partial charge on any atom is -0.381 e. The van der Waals surface area contributed by atoms with Gasteiger partial charge >= 0.3 is 0 Å². The molecule has 0 saturated carbocycles. The molecule has 3 rings (SSSR count). The molecule has 0 spiro atoms. The van der Waals surface area contributed by atoms with Gasteiger partial charge in [-0.3, -0.25) is 14.5 Å². The lowest BCUT2D eigenvalue weighted by Crippen LogP contribution is -2.37. The van der Waals surface area contributed by atoms with Crippen LogP contribution in [-0.4, -0.2) is 36.5 Å². The third-order valence-corrected chi connectivity index (χ3v) is 3.57. The van der Waals surface area contributed by atoms with E-state index in [0.717, 1.165) is 19.4 Å². The molecule has 2 aliphatic rings. The fraction of sp³-hybridized carbons (Fsp3) is 0.429. The summed E-state index contributed by atoms with van der Waals surface area (Å²) in [6.45, 7) is 1.92. The first-order valence-corrected chi connectivity index (χ1v) is 6.30. The molecule has 1 aromatic rings. The fourth-order valence-corrected chi connectivity index (χ4v) is 2.61. The maximum absolute atomic E-state index is 12.1. The van der Waals surface area contributed by atoms with Crippen LogP contribution in [0.4, 0.5) is 0 Å². The van der Waals surface area contributed by atoms with Crippen molar-refractivity contribution >= 4 is 11.8 Å². The molecule has 1 saturated heterocycles. The third-order valence-electron chi connectivity index (χ3n) is 3.57. The lowest BCUT2D eigenvalue weighted by Gasteiger charge is -2.25. The van der Waals surface area contributed by atoms with Gasteiger partial charge in [-0.05, 0) is 25.0 Å². The van der Waals surface area contributed by atoms with Crippen molar-refractivity contribution in [3.63, 3.8) is 0 Å². The predicted octanol–water partition coefficient (Wildman–Crippen LogP) is 1.71. The SMILES string of the molecule is O=C1c2ccccc2C(=O)N1CC1CCCOC1. The standard InChI is InChI=1S/C14H15NO3/c16-13-11-5-1-2-6-12(11)14(17)15(13)8-10-4-3-7-18-9-10/h1-2,5-6,10H,3-4,7-9H2. The number of imide groups is 1. The smallest absolute Gasteiger partial charge is 0.261 e. The average Bonchev–Trinajstić information content (AvgIpc) is 2.66. The van der Waals surface area contributed by atoms with Gasteiger partial charge in [-0.15, -0.1) is 0 Å².